The minimum atomic E-state index is -0.813. The van der Waals surface area contributed by atoms with Crippen molar-refractivity contribution in [2.24, 2.45) is 0 Å². The van der Waals surface area contributed by atoms with Gasteiger partial charge in [0.2, 0.25) is 0 Å². The molecule has 2 aromatic carbocycles. The first kappa shape index (κ1) is 30.6. The van der Waals surface area contributed by atoms with E-state index in [0.717, 1.165) is 38.8 Å². The summed E-state index contributed by atoms with van der Waals surface area (Å²) < 4.78 is 44.9. The van der Waals surface area contributed by atoms with E-state index in [1.807, 2.05) is 13.8 Å². The highest BCUT2D eigenvalue weighted by Crippen LogP contribution is 2.41. The Morgan fingerprint density at radius 2 is 1.81 bits per heavy atom. The number of aromatic hydroxyl groups is 1. The lowest BCUT2D eigenvalue weighted by molar-refractivity contribution is 0.0424. The molecule has 8 rings (SSSR count). The average molecular weight is 638 g/mol. The number of phenols is 1. The van der Waals surface area contributed by atoms with E-state index in [4.69, 9.17) is 20.9 Å². The lowest BCUT2D eigenvalue weighted by Crippen LogP contribution is -2.43. The number of halogens is 2. The molecular weight excluding hydrogens is 604 g/mol. The molecule has 0 spiro atoms. The van der Waals surface area contributed by atoms with Gasteiger partial charge in [0.1, 0.15) is 47.4 Å². The monoisotopic (exact) mass is 637 g/mol. The smallest absolute Gasteiger partial charge is 0.355 e. The maximum absolute atomic E-state index is 16.8. The van der Waals surface area contributed by atoms with Gasteiger partial charge < -0.3 is 19.1 Å². The molecule has 1 N–H and O–H groups in total. The zero-order valence-electron chi connectivity index (χ0n) is 26.1. The Hall–Kier alpha value is -5.08. The van der Waals surface area contributed by atoms with E-state index in [2.05, 4.69) is 20.8 Å². The molecule has 0 saturated carbocycles. The van der Waals surface area contributed by atoms with Gasteiger partial charge in [-0.2, -0.15) is 9.97 Å². The van der Waals surface area contributed by atoms with Crippen LogP contribution in [0.1, 0.15) is 55.6 Å². The van der Waals surface area contributed by atoms with Crippen LogP contribution in [0.25, 0.3) is 44.3 Å². The largest absolute Gasteiger partial charge is 0.508 e. The number of hydrogen-bond acceptors (Lipinski definition) is 8. The molecule has 2 fully saturated rings. The van der Waals surface area contributed by atoms with Crippen LogP contribution in [0.4, 0.5) is 8.78 Å². The standard InChI is InChI=1S/C34H27F2N5O4.C2H6/c1-2-21-24(35)6-5-19-15-20(42)16-22(27(19)21)30-28(36)31-23(17-37-30)29(25-7-8-26-32(43)44-14-13-41(25)26)38-33(39-31)45-18-34-9-3-11-40(34)12-4-10-34;1-2/h1,5-8,15-17,42H,3-4,9-14,18H2;1-2H3. The number of benzene rings is 2. The van der Waals surface area contributed by atoms with E-state index < -0.39 is 17.6 Å². The molecule has 5 aromatic rings. The molecule has 2 saturated heterocycles. The Morgan fingerprint density at radius 1 is 1.04 bits per heavy atom. The van der Waals surface area contributed by atoms with Gasteiger partial charge >= 0.3 is 12.0 Å². The average Bonchev–Trinajstić information content (AvgIpc) is 3.80. The summed E-state index contributed by atoms with van der Waals surface area (Å²) in [5, 5.41) is 11.5. The van der Waals surface area contributed by atoms with Crippen molar-refractivity contribution < 1.29 is 28.2 Å². The summed E-state index contributed by atoms with van der Waals surface area (Å²) in [6.45, 7) is 6.97. The summed E-state index contributed by atoms with van der Waals surface area (Å²) in [5.74, 6) is 0.276. The number of phenolic OH excluding ortho intramolecular Hbond substituents is 1. The fraction of sp³-hybridized carbons (Fsp3) is 0.333. The van der Waals surface area contributed by atoms with Crippen LogP contribution >= 0.6 is 0 Å². The van der Waals surface area contributed by atoms with Gasteiger partial charge in [-0.3, -0.25) is 9.88 Å². The number of pyridine rings is 1. The van der Waals surface area contributed by atoms with E-state index in [9.17, 15) is 14.3 Å². The van der Waals surface area contributed by atoms with Crippen LogP contribution in [0.15, 0.2) is 42.6 Å². The van der Waals surface area contributed by atoms with Crippen LogP contribution in [-0.4, -0.2) is 67.3 Å². The van der Waals surface area contributed by atoms with Gasteiger partial charge in [-0.15, -0.1) is 6.42 Å². The fourth-order valence-corrected chi connectivity index (χ4v) is 7.29. The normalized spacial score (nSPS) is 16.7. The van der Waals surface area contributed by atoms with Crippen LogP contribution in [0, 0.1) is 24.0 Å². The Labute approximate surface area is 270 Å². The van der Waals surface area contributed by atoms with Crippen molar-refractivity contribution in [3.8, 4) is 46.7 Å². The molecule has 47 heavy (non-hydrogen) atoms. The molecule has 0 aliphatic carbocycles. The molecule has 11 heteroatoms. The molecule has 0 radical (unpaired) electrons. The van der Waals surface area contributed by atoms with Crippen molar-refractivity contribution in [2.75, 3.05) is 26.3 Å². The van der Waals surface area contributed by atoms with Crippen molar-refractivity contribution in [3.05, 3.63) is 65.5 Å². The van der Waals surface area contributed by atoms with Crippen molar-refractivity contribution in [2.45, 2.75) is 51.6 Å². The van der Waals surface area contributed by atoms with Crippen LogP contribution < -0.4 is 4.74 Å². The van der Waals surface area contributed by atoms with Crippen molar-refractivity contribution in [3.63, 3.8) is 0 Å². The van der Waals surface area contributed by atoms with Gasteiger partial charge in [0.25, 0.3) is 0 Å². The lowest BCUT2D eigenvalue weighted by atomic mass is 9.95. The minimum Gasteiger partial charge on any atom is -0.508 e. The minimum absolute atomic E-state index is 0.00765. The summed E-state index contributed by atoms with van der Waals surface area (Å²) in [5.41, 5.74) is 0.973. The number of cyclic esters (lactones) is 1. The Kier molecular flexibility index (Phi) is 7.76. The summed E-state index contributed by atoms with van der Waals surface area (Å²) >= 11 is 0. The summed E-state index contributed by atoms with van der Waals surface area (Å²) in [4.78, 5) is 28.6. The number of fused-ring (bicyclic) bond motifs is 4. The van der Waals surface area contributed by atoms with Gasteiger partial charge in [0.15, 0.2) is 5.82 Å². The Balaban J connectivity index is 0.00000172. The van der Waals surface area contributed by atoms with Gasteiger partial charge in [0, 0.05) is 22.5 Å². The summed E-state index contributed by atoms with van der Waals surface area (Å²) in [6.07, 6.45) is 11.3. The van der Waals surface area contributed by atoms with Crippen molar-refractivity contribution >= 4 is 27.6 Å². The molecule has 3 aromatic heterocycles. The highest BCUT2D eigenvalue weighted by molar-refractivity contribution is 6.03. The molecule has 3 aliphatic rings. The molecule has 6 heterocycles. The predicted octanol–water partition coefficient (Wildman–Crippen LogP) is 6.48. The van der Waals surface area contributed by atoms with Gasteiger partial charge in [-0.1, -0.05) is 25.8 Å². The first-order valence-electron chi connectivity index (χ1n) is 15.9. The van der Waals surface area contributed by atoms with E-state index in [0.29, 0.717) is 35.6 Å². The first-order chi connectivity index (χ1) is 22.9. The second kappa shape index (κ2) is 11.9. The third kappa shape index (κ3) is 4.95. The second-order valence-electron chi connectivity index (χ2n) is 11.8. The van der Waals surface area contributed by atoms with E-state index in [1.165, 1.54) is 30.5 Å². The van der Waals surface area contributed by atoms with E-state index in [-0.39, 0.29) is 57.0 Å². The quantitative estimate of drug-likeness (QED) is 0.173. The summed E-state index contributed by atoms with van der Waals surface area (Å²) in [7, 11) is 0. The zero-order valence-corrected chi connectivity index (χ0v) is 26.1. The Morgan fingerprint density at radius 3 is 2.57 bits per heavy atom. The van der Waals surface area contributed by atoms with Crippen molar-refractivity contribution in [1.82, 2.24) is 24.4 Å². The molecule has 9 nitrogen and oxygen atoms in total. The van der Waals surface area contributed by atoms with Gasteiger partial charge in [0.05, 0.1) is 23.3 Å². The number of carbonyl (C=O) groups is 1. The number of hydrogen-bond donors (Lipinski definition) is 1. The van der Waals surface area contributed by atoms with Crippen LogP contribution in [0.5, 0.6) is 11.8 Å². The maximum atomic E-state index is 16.8. The number of aromatic nitrogens is 4. The molecule has 3 aliphatic heterocycles. The van der Waals surface area contributed by atoms with Crippen LogP contribution in [0.2, 0.25) is 0 Å². The number of esters is 1. The number of rotatable bonds is 5. The SMILES string of the molecule is C#Cc1c(F)ccc2cc(O)cc(-c3ncc4c(-c5ccc6n5CCOC6=O)nc(OCC56CCCN5CCC6)nc4c3F)c12.CC. The Bertz CT molecular complexity index is 2090. The lowest BCUT2D eigenvalue weighted by Gasteiger charge is -2.31. The highest BCUT2D eigenvalue weighted by Gasteiger charge is 2.45. The number of terminal acetylenes is 1. The summed E-state index contributed by atoms with van der Waals surface area (Å²) in [6, 6.07) is 8.78. The second-order valence-corrected chi connectivity index (χ2v) is 11.8. The van der Waals surface area contributed by atoms with E-state index >= 15 is 4.39 Å². The van der Waals surface area contributed by atoms with Crippen LogP contribution in [-0.2, 0) is 11.3 Å². The number of ether oxygens (including phenoxy) is 2. The highest BCUT2D eigenvalue weighted by atomic mass is 19.1. The third-order valence-electron chi connectivity index (χ3n) is 9.38. The number of nitrogens with zero attached hydrogens (tertiary/aromatic N) is 5. The molecule has 0 atom stereocenters. The molecule has 0 bridgehead atoms. The van der Waals surface area contributed by atoms with E-state index in [1.54, 1.807) is 16.7 Å². The maximum Gasteiger partial charge on any atom is 0.355 e. The molecular formula is C36H33F2N5O4. The fourth-order valence-electron chi connectivity index (χ4n) is 7.29. The van der Waals surface area contributed by atoms with Crippen LogP contribution in [0.3, 0.4) is 0 Å². The molecule has 240 valence electrons. The third-order valence-corrected chi connectivity index (χ3v) is 9.38. The number of carbonyl (C=O) groups excluding carboxylic acids is 1. The zero-order chi connectivity index (χ0) is 32.9. The van der Waals surface area contributed by atoms with Crippen molar-refractivity contribution in [1.29, 1.82) is 0 Å². The molecule has 0 amide bonds. The predicted molar refractivity (Wildman–Crippen MR) is 173 cm³/mol. The topological polar surface area (TPSA) is 103 Å². The van der Waals surface area contributed by atoms with Gasteiger partial charge in [-0.05, 0) is 74.5 Å². The first-order valence-corrected chi connectivity index (χ1v) is 15.9. The van der Waals surface area contributed by atoms with Gasteiger partial charge in [-0.25, -0.2) is 13.6 Å². The molecule has 0 unspecified atom stereocenters.